The highest BCUT2D eigenvalue weighted by atomic mass is 79.9. The number of hydrogen-bond donors (Lipinski definition) is 1. The standard InChI is InChI=1S/C14H14BrNO2/c1-9-7-10(3-5-12(9)15)18-11-4-6-13(16)14(8-11)17-2/h3-8H,16H2,1-2H3. The van der Waals surface area contributed by atoms with Crippen LogP contribution in [0.15, 0.2) is 40.9 Å². The van der Waals surface area contributed by atoms with E-state index < -0.39 is 0 Å². The molecule has 2 N–H and O–H groups in total. The SMILES string of the molecule is COc1cc(Oc2ccc(Br)c(C)c2)ccc1N. The summed E-state index contributed by atoms with van der Waals surface area (Å²) < 4.78 is 12.0. The molecule has 4 heteroatoms. The number of benzene rings is 2. The quantitative estimate of drug-likeness (QED) is 0.867. The summed E-state index contributed by atoms with van der Waals surface area (Å²) in [6.45, 7) is 2.01. The van der Waals surface area contributed by atoms with Gasteiger partial charge in [0, 0.05) is 10.5 Å². The largest absolute Gasteiger partial charge is 0.494 e. The third-order valence-corrected chi connectivity index (χ3v) is 3.46. The zero-order chi connectivity index (χ0) is 13.1. The molecule has 0 saturated heterocycles. The van der Waals surface area contributed by atoms with Gasteiger partial charge in [0.05, 0.1) is 12.8 Å². The number of aryl methyl sites for hydroxylation is 1. The molecular formula is C14H14BrNO2. The molecule has 0 aliphatic carbocycles. The van der Waals surface area contributed by atoms with Gasteiger partial charge in [-0.05, 0) is 42.8 Å². The molecule has 0 radical (unpaired) electrons. The molecule has 0 atom stereocenters. The smallest absolute Gasteiger partial charge is 0.145 e. The fourth-order valence-electron chi connectivity index (χ4n) is 1.57. The van der Waals surface area contributed by atoms with E-state index in [-0.39, 0.29) is 0 Å². The molecule has 0 amide bonds. The third kappa shape index (κ3) is 2.76. The first-order valence-corrected chi connectivity index (χ1v) is 6.27. The minimum Gasteiger partial charge on any atom is -0.494 e. The van der Waals surface area contributed by atoms with Crippen LogP contribution in [0.2, 0.25) is 0 Å². The van der Waals surface area contributed by atoms with Gasteiger partial charge in [-0.3, -0.25) is 0 Å². The molecule has 0 aliphatic heterocycles. The van der Waals surface area contributed by atoms with E-state index in [2.05, 4.69) is 15.9 Å². The summed E-state index contributed by atoms with van der Waals surface area (Å²) in [6.07, 6.45) is 0. The Hall–Kier alpha value is -1.68. The Morgan fingerprint density at radius 1 is 1.06 bits per heavy atom. The van der Waals surface area contributed by atoms with Gasteiger partial charge >= 0.3 is 0 Å². The van der Waals surface area contributed by atoms with Crippen molar-refractivity contribution in [1.82, 2.24) is 0 Å². The van der Waals surface area contributed by atoms with Crippen LogP contribution in [-0.4, -0.2) is 7.11 Å². The number of hydrogen-bond acceptors (Lipinski definition) is 3. The number of halogens is 1. The van der Waals surface area contributed by atoms with E-state index >= 15 is 0 Å². The number of nitrogens with two attached hydrogens (primary N) is 1. The van der Waals surface area contributed by atoms with Crippen LogP contribution in [0.3, 0.4) is 0 Å². The van der Waals surface area contributed by atoms with Crippen molar-refractivity contribution in [1.29, 1.82) is 0 Å². The van der Waals surface area contributed by atoms with E-state index in [9.17, 15) is 0 Å². The summed E-state index contributed by atoms with van der Waals surface area (Å²) >= 11 is 3.46. The summed E-state index contributed by atoms with van der Waals surface area (Å²) in [5.41, 5.74) is 7.47. The predicted molar refractivity (Wildman–Crippen MR) is 76.4 cm³/mol. The Morgan fingerprint density at radius 2 is 1.72 bits per heavy atom. The number of methoxy groups -OCH3 is 1. The van der Waals surface area contributed by atoms with Crippen molar-refractivity contribution in [3.63, 3.8) is 0 Å². The van der Waals surface area contributed by atoms with Gasteiger partial charge in [-0.1, -0.05) is 15.9 Å². The molecule has 0 aromatic heterocycles. The second kappa shape index (κ2) is 5.31. The van der Waals surface area contributed by atoms with Crippen molar-refractivity contribution in [2.75, 3.05) is 12.8 Å². The lowest BCUT2D eigenvalue weighted by molar-refractivity contribution is 0.411. The Morgan fingerprint density at radius 3 is 2.39 bits per heavy atom. The van der Waals surface area contributed by atoms with E-state index in [1.807, 2.05) is 31.2 Å². The lowest BCUT2D eigenvalue weighted by Crippen LogP contribution is -1.93. The summed E-state index contributed by atoms with van der Waals surface area (Å²) in [5.74, 6) is 2.09. The van der Waals surface area contributed by atoms with Crippen molar-refractivity contribution < 1.29 is 9.47 Å². The van der Waals surface area contributed by atoms with Crippen molar-refractivity contribution in [3.05, 3.63) is 46.4 Å². The van der Waals surface area contributed by atoms with Gasteiger partial charge in [0.1, 0.15) is 17.2 Å². The van der Waals surface area contributed by atoms with Gasteiger partial charge < -0.3 is 15.2 Å². The lowest BCUT2D eigenvalue weighted by Gasteiger charge is -2.10. The molecule has 0 bridgehead atoms. The number of nitrogen functional groups attached to an aromatic ring is 1. The van der Waals surface area contributed by atoms with E-state index in [0.717, 1.165) is 15.8 Å². The molecule has 2 aromatic carbocycles. The average molecular weight is 308 g/mol. The Labute approximate surface area is 115 Å². The van der Waals surface area contributed by atoms with Crippen LogP contribution in [0.1, 0.15) is 5.56 Å². The molecule has 2 aromatic rings. The van der Waals surface area contributed by atoms with E-state index in [1.165, 1.54) is 0 Å². The zero-order valence-corrected chi connectivity index (χ0v) is 11.8. The first kappa shape index (κ1) is 12.8. The molecule has 2 rings (SSSR count). The number of anilines is 1. The molecule has 18 heavy (non-hydrogen) atoms. The topological polar surface area (TPSA) is 44.5 Å². The summed E-state index contributed by atoms with van der Waals surface area (Å²) in [7, 11) is 1.58. The van der Waals surface area contributed by atoms with Crippen LogP contribution in [0.5, 0.6) is 17.2 Å². The summed E-state index contributed by atoms with van der Waals surface area (Å²) in [6, 6.07) is 11.2. The lowest BCUT2D eigenvalue weighted by atomic mass is 10.2. The molecule has 0 heterocycles. The van der Waals surface area contributed by atoms with Crippen molar-refractivity contribution in [2.45, 2.75) is 6.92 Å². The minimum absolute atomic E-state index is 0.594. The highest BCUT2D eigenvalue weighted by Crippen LogP contribution is 2.31. The van der Waals surface area contributed by atoms with Gasteiger partial charge in [-0.25, -0.2) is 0 Å². The van der Waals surface area contributed by atoms with E-state index in [0.29, 0.717) is 17.2 Å². The van der Waals surface area contributed by atoms with Crippen LogP contribution in [0.4, 0.5) is 5.69 Å². The first-order valence-electron chi connectivity index (χ1n) is 5.47. The highest BCUT2D eigenvalue weighted by Gasteiger charge is 2.04. The Balaban J connectivity index is 2.25. The molecule has 0 aliphatic rings. The third-order valence-electron chi connectivity index (χ3n) is 2.57. The second-order valence-corrected chi connectivity index (χ2v) is 4.77. The molecule has 0 saturated carbocycles. The normalized spacial score (nSPS) is 10.2. The molecule has 0 unspecified atom stereocenters. The fourth-order valence-corrected chi connectivity index (χ4v) is 1.82. The maximum atomic E-state index is 5.76. The zero-order valence-electron chi connectivity index (χ0n) is 10.2. The molecule has 0 spiro atoms. The first-order chi connectivity index (χ1) is 8.60. The van der Waals surface area contributed by atoms with Crippen molar-refractivity contribution >= 4 is 21.6 Å². The summed E-state index contributed by atoms with van der Waals surface area (Å²) in [5, 5.41) is 0. The Kier molecular flexibility index (Phi) is 3.77. The minimum atomic E-state index is 0.594. The summed E-state index contributed by atoms with van der Waals surface area (Å²) in [4.78, 5) is 0. The molecule has 94 valence electrons. The van der Waals surface area contributed by atoms with Crippen molar-refractivity contribution in [2.24, 2.45) is 0 Å². The van der Waals surface area contributed by atoms with Crippen LogP contribution >= 0.6 is 15.9 Å². The fraction of sp³-hybridized carbons (Fsp3) is 0.143. The van der Waals surface area contributed by atoms with Gasteiger partial charge in [-0.2, -0.15) is 0 Å². The van der Waals surface area contributed by atoms with Gasteiger partial charge in [0.25, 0.3) is 0 Å². The maximum Gasteiger partial charge on any atom is 0.145 e. The van der Waals surface area contributed by atoms with Gasteiger partial charge in [0.15, 0.2) is 0 Å². The van der Waals surface area contributed by atoms with E-state index in [1.54, 1.807) is 19.2 Å². The molecule has 0 fully saturated rings. The molecule has 3 nitrogen and oxygen atoms in total. The number of ether oxygens (including phenoxy) is 2. The van der Waals surface area contributed by atoms with E-state index in [4.69, 9.17) is 15.2 Å². The van der Waals surface area contributed by atoms with Crippen LogP contribution < -0.4 is 15.2 Å². The van der Waals surface area contributed by atoms with Crippen LogP contribution in [0, 0.1) is 6.92 Å². The van der Waals surface area contributed by atoms with Gasteiger partial charge in [-0.15, -0.1) is 0 Å². The predicted octanol–water partition coefficient (Wildman–Crippen LogP) is 4.14. The Bertz CT molecular complexity index is 570. The van der Waals surface area contributed by atoms with Crippen LogP contribution in [-0.2, 0) is 0 Å². The monoisotopic (exact) mass is 307 g/mol. The van der Waals surface area contributed by atoms with Gasteiger partial charge in [0.2, 0.25) is 0 Å². The van der Waals surface area contributed by atoms with Crippen LogP contribution in [0.25, 0.3) is 0 Å². The second-order valence-electron chi connectivity index (χ2n) is 3.92. The molecular weight excluding hydrogens is 294 g/mol. The highest BCUT2D eigenvalue weighted by molar-refractivity contribution is 9.10. The maximum absolute atomic E-state index is 5.76. The number of rotatable bonds is 3. The average Bonchev–Trinajstić information content (AvgIpc) is 2.36. The van der Waals surface area contributed by atoms with Crippen molar-refractivity contribution in [3.8, 4) is 17.2 Å².